The van der Waals surface area contributed by atoms with Crippen LogP contribution in [-0.2, 0) is 21.4 Å². The SMILES string of the molecule is Cc1sc(-c2noc(C3CCC3)n2)cc1S(=O)(=O)N1CCC(C(=O)NCc2cccnc2)CC1. The maximum atomic E-state index is 13.4. The summed E-state index contributed by atoms with van der Waals surface area (Å²) in [6, 6.07) is 5.38. The van der Waals surface area contributed by atoms with Gasteiger partial charge in [0.1, 0.15) is 0 Å². The fourth-order valence-corrected chi connectivity index (χ4v) is 7.28. The van der Waals surface area contributed by atoms with Crippen LogP contribution in [0.2, 0.25) is 0 Å². The Bertz CT molecular complexity index is 1260. The van der Waals surface area contributed by atoms with Gasteiger partial charge >= 0.3 is 0 Å². The minimum atomic E-state index is -3.67. The minimum Gasteiger partial charge on any atom is -0.352 e. The highest BCUT2D eigenvalue weighted by molar-refractivity contribution is 7.89. The average molecular weight is 502 g/mol. The van der Waals surface area contributed by atoms with Crippen LogP contribution in [0.1, 0.15) is 54.4 Å². The number of carbonyl (C=O) groups is 1. The number of sulfonamides is 1. The first-order valence-corrected chi connectivity index (χ1v) is 13.8. The van der Waals surface area contributed by atoms with Gasteiger partial charge in [0.05, 0.1) is 9.77 Å². The monoisotopic (exact) mass is 501 g/mol. The molecule has 3 aromatic heterocycles. The zero-order valence-corrected chi connectivity index (χ0v) is 20.6. The summed E-state index contributed by atoms with van der Waals surface area (Å²) in [5.41, 5.74) is 0.931. The second-order valence-electron chi connectivity index (χ2n) is 8.87. The van der Waals surface area contributed by atoms with Gasteiger partial charge in [-0.2, -0.15) is 9.29 Å². The van der Waals surface area contributed by atoms with E-state index in [0.717, 1.165) is 18.4 Å². The van der Waals surface area contributed by atoms with Gasteiger partial charge in [0.15, 0.2) is 0 Å². The zero-order valence-electron chi connectivity index (χ0n) is 18.9. The molecule has 9 nitrogen and oxygen atoms in total. The molecule has 1 aliphatic heterocycles. The van der Waals surface area contributed by atoms with Gasteiger partial charge in [0.25, 0.3) is 0 Å². The third-order valence-corrected chi connectivity index (χ3v) is 9.82. The fourth-order valence-electron chi connectivity index (χ4n) is 4.32. The topological polar surface area (TPSA) is 118 Å². The number of hydrogen-bond acceptors (Lipinski definition) is 8. The van der Waals surface area contributed by atoms with Crippen molar-refractivity contribution in [3.05, 3.63) is 46.9 Å². The molecule has 2 aliphatic rings. The van der Waals surface area contributed by atoms with E-state index < -0.39 is 10.0 Å². The van der Waals surface area contributed by atoms with Crippen molar-refractivity contribution in [3.8, 4) is 10.7 Å². The molecule has 1 amide bonds. The summed E-state index contributed by atoms with van der Waals surface area (Å²) in [7, 11) is -3.67. The van der Waals surface area contributed by atoms with E-state index in [-0.39, 0.29) is 16.7 Å². The molecule has 0 bridgehead atoms. The Morgan fingerprint density at radius 3 is 2.74 bits per heavy atom. The van der Waals surface area contributed by atoms with Crippen LogP contribution >= 0.6 is 11.3 Å². The largest absolute Gasteiger partial charge is 0.352 e. The minimum absolute atomic E-state index is 0.0470. The Morgan fingerprint density at radius 1 is 1.26 bits per heavy atom. The summed E-state index contributed by atoms with van der Waals surface area (Å²) in [6.45, 7) is 2.84. The third-order valence-electron chi connectivity index (χ3n) is 6.62. The lowest BCUT2D eigenvalue weighted by Gasteiger charge is -2.30. The van der Waals surface area contributed by atoms with E-state index in [9.17, 15) is 13.2 Å². The Hall–Kier alpha value is -2.63. The summed E-state index contributed by atoms with van der Waals surface area (Å²) in [5.74, 6) is 1.16. The number of pyridine rings is 1. The molecular weight excluding hydrogens is 474 g/mol. The number of nitrogens with zero attached hydrogens (tertiary/aromatic N) is 4. The number of rotatable bonds is 7. The molecule has 34 heavy (non-hydrogen) atoms. The zero-order chi connectivity index (χ0) is 23.7. The van der Waals surface area contributed by atoms with Crippen molar-refractivity contribution >= 4 is 27.3 Å². The second-order valence-corrected chi connectivity index (χ2v) is 12.0. The van der Waals surface area contributed by atoms with E-state index in [4.69, 9.17) is 4.52 Å². The number of nitrogens with one attached hydrogen (secondary N) is 1. The van der Waals surface area contributed by atoms with Crippen molar-refractivity contribution in [1.82, 2.24) is 24.7 Å². The number of amides is 1. The second kappa shape index (κ2) is 9.55. The molecule has 180 valence electrons. The number of aromatic nitrogens is 3. The fraction of sp³-hybridized carbons (Fsp3) is 0.478. The Labute approximate surface area is 202 Å². The van der Waals surface area contributed by atoms with Crippen LogP contribution in [0, 0.1) is 12.8 Å². The van der Waals surface area contributed by atoms with E-state index in [0.29, 0.717) is 59.9 Å². The van der Waals surface area contributed by atoms with Crippen LogP contribution in [-0.4, -0.2) is 46.8 Å². The summed E-state index contributed by atoms with van der Waals surface area (Å²) in [5, 5.41) is 7.01. The van der Waals surface area contributed by atoms with Gasteiger partial charge in [-0.3, -0.25) is 9.78 Å². The Morgan fingerprint density at radius 2 is 2.06 bits per heavy atom. The van der Waals surface area contributed by atoms with Gasteiger partial charge in [0.2, 0.25) is 27.6 Å². The molecule has 1 aliphatic carbocycles. The molecule has 2 fully saturated rings. The molecule has 0 aromatic carbocycles. The molecule has 11 heteroatoms. The highest BCUT2D eigenvalue weighted by Gasteiger charge is 2.34. The van der Waals surface area contributed by atoms with Crippen LogP contribution in [0.25, 0.3) is 10.7 Å². The molecule has 1 saturated heterocycles. The van der Waals surface area contributed by atoms with Crippen LogP contribution in [0.5, 0.6) is 0 Å². The molecule has 1 saturated carbocycles. The number of hydrogen-bond donors (Lipinski definition) is 1. The Balaban J connectivity index is 1.22. The molecule has 0 radical (unpaired) electrons. The number of thiophene rings is 1. The number of piperidine rings is 1. The Kier molecular flexibility index (Phi) is 6.50. The molecule has 4 heterocycles. The van der Waals surface area contributed by atoms with Crippen LogP contribution < -0.4 is 5.32 Å². The number of aryl methyl sites for hydroxylation is 1. The highest BCUT2D eigenvalue weighted by Crippen LogP contribution is 2.38. The maximum Gasteiger partial charge on any atom is 0.244 e. The molecule has 5 rings (SSSR count). The van der Waals surface area contributed by atoms with Crippen LogP contribution in [0.4, 0.5) is 0 Å². The van der Waals surface area contributed by atoms with Crippen LogP contribution in [0.3, 0.4) is 0 Å². The molecular formula is C23H27N5O4S2. The van der Waals surface area contributed by atoms with E-state index in [1.807, 2.05) is 12.1 Å². The summed E-state index contributed by atoms with van der Waals surface area (Å²) >= 11 is 1.36. The van der Waals surface area contributed by atoms with Gasteiger partial charge in [-0.25, -0.2) is 8.42 Å². The molecule has 0 atom stereocenters. The summed E-state index contributed by atoms with van der Waals surface area (Å²) in [6.07, 6.45) is 7.67. The lowest BCUT2D eigenvalue weighted by Crippen LogP contribution is -2.42. The van der Waals surface area contributed by atoms with Crippen molar-refractivity contribution in [2.24, 2.45) is 5.92 Å². The first-order chi connectivity index (χ1) is 16.4. The predicted octanol–water partition coefficient (Wildman–Crippen LogP) is 3.49. The van der Waals surface area contributed by atoms with E-state index >= 15 is 0 Å². The molecule has 0 spiro atoms. The van der Waals surface area contributed by atoms with Crippen molar-refractivity contribution < 1.29 is 17.7 Å². The first kappa shape index (κ1) is 23.1. The quantitative estimate of drug-likeness (QED) is 0.526. The van der Waals surface area contributed by atoms with Crippen molar-refractivity contribution in [2.45, 2.75) is 56.4 Å². The van der Waals surface area contributed by atoms with Gasteiger partial charge in [-0.15, -0.1) is 11.3 Å². The van der Waals surface area contributed by atoms with Gasteiger partial charge in [0, 0.05) is 48.7 Å². The molecule has 0 unspecified atom stereocenters. The van der Waals surface area contributed by atoms with Gasteiger partial charge < -0.3 is 9.84 Å². The van der Waals surface area contributed by atoms with Crippen molar-refractivity contribution in [3.63, 3.8) is 0 Å². The molecule has 1 N–H and O–H groups in total. The van der Waals surface area contributed by atoms with Gasteiger partial charge in [-0.05, 0) is 50.3 Å². The van der Waals surface area contributed by atoms with Crippen molar-refractivity contribution in [1.29, 1.82) is 0 Å². The van der Waals surface area contributed by atoms with Gasteiger partial charge in [-0.1, -0.05) is 17.6 Å². The van der Waals surface area contributed by atoms with Crippen molar-refractivity contribution in [2.75, 3.05) is 13.1 Å². The smallest absolute Gasteiger partial charge is 0.244 e. The van der Waals surface area contributed by atoms with E-state index in [1.165, 1.54) is 22.1 Å². The highest BCUT2D eigenvalue weighted by atomic mass is 32.2. The first-order valence-electron chi connectivity index (χ1n) is 11.5. The third kappa shape index (κ3) is 4.64. The lowest BCUT2D eigenvalue weighted by atomic mass is 9.85. The standard InChI is InChI=1S/C23H27N5O4S2/c1-15-20(12-19(33-15)21-26-23(32-27-21)18-5-2-6-18)34(30,31)28-10-7-17(8-11-28)22(29)25-14-16-4-3-9-24-13-16/h3-4,9,12-13,17-18H,2,5-8,10-11,14H2,1H3,(H,25,29). The average Bonchev–Trinajstić information content (AvgIpc) is 3.44. The normalized spacial score (nSPS) is 18.0. The maximum absolute atomic E-state index is 13.4. The summed E-state index contributed by atoms with van der Waals surface area (Å²) in [4.78, 5) is 22.8. The lowest BCUT2D eigenvalue weighted by molar-refractivity contribution is -0.126. The number of carbonyl (C=O) groups excluding carboxylic acids is 1. The summed E-state index contributed by atoms with van der Waals surface area (Å²) < 4.78 is 33.6. The molecule has 3 aromatic rings. The predicted molar refractivity (Wildman–Crippen MR) is 127 cm³/mol. The van der Waals surface area contributed by atoms with Crippen LogP contribution in [0.15, 0.2) is 40.0 Å². The van der Waals surface area contributed by atoms with E-state index in [1.54, 1.807) is 25.4 Å². The van der Waals surface area contributed by atoms with E-state index in [2.05, 4.69) is 20.4 Å².